The van der Waals surface area contributed by atoms with Crippen molar-refractivity contribution in [1.29, 1.82) is 0 Å². The molecule has 0 aliphatic carbocycles. The maximum absolute atomic E-state index is 13.3. The number of nitrogens with one attached hydrogen (secondary N) is 1. The van der Waals surface area contributed by atoms with Gasteiger partial charge in [-0.05, 0) is 56.2 Å². The monoisotopic (exact) mass is 421 g/mol. The first-order chi connectivity index (χ1) is 14.4. The van der Waals surface area contributed by atoms with E-state index in [0.717, 1.165) is 11.1 Å². The molecule has 152 valence electrons. The fourth-order valence-corrected chi connectivity index (χ4v) is 3.75. The number of para-hydroxylation sites is 1. The Morgan fingerprint density at radius 1 is 1.10 bits per heavy atom. The Balaban J connectivity index is 1.71. The number of rotatable bonds is 5. The van der Waals surface area contributed by atoms with Crippen molar-refractivity contribution in [3.8, 4) is 5.69 Å². The Kier molecular flexibility index (Phi) is 5.37. The van der Waals surface area contributed by atoms with E-state index in [-0.39, 0.29) is 23.2 Å². The minimum Gasteiger partial charge on any atom is -0.315 e. The highest BCUT2D eigenvalue weighted by molar-refractivity contribution is 7.99. The first kappa shape index (κ1) is 19.8. The Morgan fingerprint density at radius 3 is 2.63 bits per heavy atom. The van der Waals surface area contributed by atoms with Crippen LogP contribution in [-0.2, 0) is 4.79 Å². The number of carbonyl (C=O) groups excluding carboxylic acids is 1. The van der Waals surface area contributed by atoms with Crippen molar-refractivity contribution in [2.24, 2.45) is 0 Å². The molecule has 0 atom stereocenters. The molecule has 1 amide bonds. The van der Waals surface area contributed by atoms with Crippen molar-refractivity contribution in [1.82, 2.24) is 19.7 Å². The molecular weight excluding hydrogens is 402 g/mol. The molecule has 1 N–H and O–H groups in total. The lowest BCUT2D eigenvalue weighted by atomic mass is 10.1. The van der Waals surface area contributed by atoms with E-state index in [4.69, 9.17) is 4.52 Å². The molecule has 0 saturated carbocycles. The van der Waals surface area contributed by atoms with Crippen LogP contribution in [0.4, 0.5) is 6.01 Å². The van der Waals surface area contributed by atoms with Gasteiger partial charge in [0.1, 0.15) is 0 Å². The third-order valence-corrected chi connectivity index (χ3v) is 5.54. The molecule has 4 aromatic rings. The maximum atomic E-state index is 13.3. The average Bonchev–Trinajstić information content (AvgIpc) is 3.13. The van der Waals surface area contributed by atoms with E-state index >= 15 is 0 Å². The zero-order valence-corrected chi connectivity index (χ0v) is 17.5. The van der Waals surface area contributed by atoms with Gasteiger partial charge in [-0.15, -0.1) is 0 Å². The molecule has 2 heterocycles. The Labute approximate surface area is 176 Å². The molecule has 30 heavy (non-hydrogen) atoms. The molecule has 2 aromatic heterocycles. The molecule has 0 aliphatic heterocycles. The van der Waals surface area contributed by atoms with Gasteiger partial charge >= 0.3 is 6.01 Å². The lowest BCUT2D eigenvalue weighted by Crippen LogP contribution is -2.23. The van der Waals surface area contributed by atoms with E-state index in [1.165, 1.54) is 11.8 Å². The smallest absolute Gasteiger partial charge is 0.315 e. The van der Waals surface area contributed by atoms with Crippen LogP contribution in [0.5, 0.6) is 0 Å². The summed E-state index contributed by atoms with van der Waals surface area (Å²) in [4.78, 5) is 34.2. The molecule has 9 heteroatoms. The predicted molar refractivity (Wildman–Crippen MR) is 115 cm³/mol. The van der Waals surface area contributed by atoms with Crippen LogP contribution in [0.2, 0.25) is 0 Å². The fraction of sp³-hybridized carbons (Fsp3) is 0.190. The van der Waals surface area contributed by atoms with Crippen LogP contribution in [-0.4, -0.2) is 31.4 Å². The number of nitrogens with zero attached hydrogens (tertiary/aromatic N) is 4. The minimum absolute atomic E-state index is 0.0249. The van der Waals surface area contributed by atoms with Gasteiger partial charge in [0.25, 0.3) is 5.56 Å². The Morgan fingerprint density at radius 2 is 1.90 bits per heavy atom. The number of hydrogen-bond donors (Lipinski definition) is 1. The van der Waals surface area contributed by atoms with Gasteiger partial charge < -0.3 is 4.52 Å². The summed E-state index contributed by atoms with van der Waals surface area (Å²) in [6.45, 7) is 5.67. The van der Waals surface area contributed by atoms with Gasteiger partial charge in [0.15, 0.2) is 11.0 Å². The maximum Gasteiger partial charge on any atom is 0.328 e. The van der Waals surface area contributed by atoms with E-state index in [2.05, 4.69) is 20.4 Å². The van der Waals surface area contributed by atoms with Gasteiger partial charge in [0.05, 0.1) is 22.3 Å². The lowest BCUT2D eigenvalue weighted by molar-refractivity contribution is -0.114. The molecular formula is C21H19N5O3S. The van der Waals surface area contributed by atoms with Gasteiger partial charge in [-0.3, -0.25) is 19.5 Å². The predicted octanol–water partition coefficient (Wildman–Crippen LogP) is 3.42. The Bertz CT molecular complexity index is 1310. The van der Waals surface area contributed by atoms with Crippen molar-refractivity contribution in [2.75, 3.05) is 11.1 Å². The van der Waals surface area contributed by atoms with Crippen molar-refractivity contribution >= 4 is 34.6 Å². The van der Waals surface area contributed by atoms with E-state index in [0.29, 0.717) is 27.6 Å². The lowest BCUT2D eigenvalue weighted by Gasteiger charge is -2.14. The summed E-state index contributed by atoms with van der Waals surface area (Å²) in [6, 6.07) is 13.0. The molecule has 0 radical (unpaired) electrons. The number of anilines is 1. The van der Waals surface area contributed by atoms with E-state index in [9.17, 15) is 9.59 Å². The van der Waals surface area contributed by atoms with Gasteiger partial charge in [-0.1, -0.05) is 35.1 Å². The van der Waals surface area contributed by atoms with E-state index in [1.54, 1.807) is 23.6 Å². The van der Waals surface area contributed by atoms with E-state index < -0.39 is 0 Å². The number of carbonyl (C=O) groups is 1. The van der Waals surface area contributed by atoms with E-state index in [1.807, 2.05) is 44.2 Å². The third kappa shape index (κ3) is 3.97. The van der Waals surface area contributed by atoms with Crippen LogP contribution < -0.4 is 10.9 Å². The number of thioether (sulfide) groups is 1. The van der Waals surface area contributed by atoms with Crippen LogP contribution in [0.15, 0.2) is 56.9 Å². The summed E-state index contributed by atoms with van der Waals surface area (Å²) in [6.07, 6.45) is 0. The molecule has 0 bridgehead atoms. The second-order valence-corrected chi connectivity index (χ2v) is 7.75. The van der Waals surface area contributed by atoms with Crippen LogP contribution in [0.3, 0.4) is 0 Å². The van der Waals surface area contributed by atoms with Gasteiger partial charge in [-0.25, -0.2) is 4.98 Å². The zero-order valence-electron chi connectivity index (χ0n) is 16.7. The summed E-state index contributed by atoms with van der Waals surface area (Å²) in [5, 5.41) is 7.13. The first-order valence-corrected chi connectivity index (χ1v) is 10.2. The summed E-state index contributed by atoms with van der Waals surface area (Å²) in [7, 11) is 0. The Hall–Kier alpha value is -3.46. The highest BCUT2D eigenvalue weighted by Crippen LogP contribution is 2.23. The molecule has 2 aromatic carbocycles. The quantitative estimate of drug-likeness (QED) is 0.389. The standard InChI is InChI=1S/C21H19N5O3S/c1-12-8-9-15(10-13(12)2)26-19(28)16-6-4-5-7-17(16)23-21(26)30-11-18(27)24-20-22-14(3)25-29-20/h4-10H,11H2,1-3H3,(H,22,24,25,27). The first-order valence-electron chi connectivity index (χ1n) is 9.25. The fourth-order valence-electron chi connectivity index (χ4n) is 2.93. The summed E-state index contributed by atoms with van der Waals surface area (Å²) < 4.78 is 6.45. The molecule has 0 fully saturated rings. The van der Waals surface area contributed by atoms with Crippen LogP contribution in [0.25, 0.3) is 16.6 Å². The molecule has 0 spiro atoms. The number of aryl methyl sites for hydroxylation is 3. The third-order valence-electron chi connectivity index (χ3n) is 4.60. The van der Waals surface area contributed by atoms with Crippen molar-refractivity contribution in [3.63, 3.8) is 0 Å². The molecule has 4 rings (SSSR count). The van der Waals surface area contributed by atoms with Crippen LogP contribution >= 0.6 is 11.8 Å². The van der Waals surface area contributed by atoms with Crippen molar-refractivity contribution in [2.45, 2.75) is 25.9 Å². The minimum atomic E-state index is -0.335. The number of fused-ring (bicyclic) bond motifs is 1. The zero-order chi connectivity index (χ0) is 21.3. The summed E-state index contributed by atoms with van der Waals surface area (Å²) >= 11 is 1.17. The van der Waals surface area contributed by atoms with Crippen molar-refractivity contribution in [3.05, 3.63) is 69.8 Å². The number of amides is 1. The molecule has 0 saturated heterocycles. The van der Waals surface area contributed by atoms with Crippen LogP contribution in [0.1, 0.15) is 17.0 Å². The number of hydrogen-bond acceptors (Lipinski definition) is 7. The van der Waals surface area contributed by atoms with Gasteiger partial charge in [-0.2, -0.15) is 4.98 Å². The highest BCUT2D eigenvalue weighted by Gasteiger charge is 2.16. The average molecular weight is 421 g/mol. The largest absolute Gasteiger partial charge is 0.328 e. The number of benzene rings is 2. The molecule has 0 unspecified atom stereocenters. The second-order valence-electron chi connectivity index (χ2n) is 6.80. The van der Waals surface area contributed by atoms with Gasteiger partial charge in [0, 0.05) is 0 Å². The van der Waals surface area contributed by atoms with Crippen LogP contribution in [0, 0.1) is 20.8 Å². The van der Waals surface area contributed by atoms with Gasteiger partial charge in [0.2, 0.25) is 5.91 Å². The number of aromatic nitrogens is 4. The highest BCUT2D eigenvalue weighted by atomic mass is 32.2. The topological polar surface area (TPSA) is 103 Å². The SMILES string of the molecule is Cc1noc(NC(=O)CSc2nc3ccccc3c(=O)n2-c2ccc(C)c(C)c2)n1. The molecule has 8 nitrogen and oxygen atoms in total. The second kappa shape index (κ2) is 8.11. The van der Waals surface area contributed by atoms with Crippen molar-refractivity contribution < 1.29 is 9.32 Å². The summed E-state index contributed by atoms with van der Waals surface area (Å²) in [5.74, 6) is 0.118. The summed E-state index contributed by atoms with van der Waals surface area (Å²) in [5.41, 5.74) is 3.30. The normalized spacial score (nSPS) is 11.0. The molecule has 0 aliphatic rings.